The van der Waals surface area contributed by atoms with Gasteiger partial charge in [0.05, 0.1) is 23.4 Å². The van der Waals surface area contributed by atoms with E-state index in [1.807, 2.05) is 0 Å². The lowest BCUT2D eigenvalue weighted by molar-refractivity contribution is 0.102. The predicted octanol–water partition coefficient (Wildman–Crippen LogP) is 5.02. The number of benzene rings is 2. The van der Waals surface area contributed by atoms with Crippen molar-refractivity contribution in [1.82, 2.24) is 0 Å². The van der Waals surface area contributed by atoms with E-state index in [9.17, 15) is 4.79 Å². The first kappa shape index (κ1) is 15.2. The summed E-state index contributed by atoms with van der Waals surface area (Å²) in [6.45, 7) is 0. The van der Waals surface area contributed by atoms with Crippen molar-refractivity contribution in [2.45, 2.75) is 0 Å². The van der Waals surface area contributed by atoms with Gasteiger partial charge in [0, 0.05) is 9.50 Å². The maximum Gasteiger partial charge on any atom is 0.259 e. The standard InChI is InChI=1S/C14H10BrCl2NO2/c1-20-13-5-3-9(16)7-10(13)14(19)18-12-6-8(15)2-4-11(12)17/h2-7H,1H3,(H,18,19). The normalized spacial score (nSPS) is 10.2. The fraction of sp³-hybridized carbons (Fsp3) is 0.0714. The summed E-state index contributed by atoms with van der Waals surface area (Å²) >= 11 is 15.3. The van der Waals surface area contributed by atoms with Crippen molar-refractivity contribution in [1.29, 1.82) is 0 Å². The van der Waals surface area contributed by atoms with Crippen LogP contribution in [0.4, 0.5) is 5.69 Å². The van der Waals surface area contributed by atoms with Crippen molar-refractivity contribution in [3.63, 3.8) is 0 Å². The van der Waals surface area contributed by atoms with Gasteiger partial charge in [-0.2, -0.15) is 0 Å². The minimum absolute atomic E-state index is 0.343. The Hall–Kier alpha value is -1.23. The van der Waals surface area contributed by atoms with Crippen molar-refractivity contribution in [3.8, 4) is 5.75 Å². The second-order valence-electron chi connectivity index (χ2n) is 3.92. The highest BCUT2D eigenvalue weighted by atomic mass is 79.9. The molecule has 2 aromatic rings. The summed E-state index contributed by atoms with van der Waals surface area (Å²) in [5.74, 6) is 0.0994. The summed E-state index contributed by atoms with van der Waals surface area (Å²) in [4.78, 5) is 12.3. The summed E-state index contributed by atoms with van der Waals surface area (Å²) in [5.41, 5.74) is 0.851. The van der Waals surface area contributed by atoms with Crippen LogP contribution in [-0.2, 0) is 0 Å². The van der Waals surface area contributed by atoms with Gasteiger partial charge in [-0.3, -0.25) is 4.79 Å². The highest BCUT2D eigenvalue weighted by Crippen LogP contribution is 2.28. The molecule has 0 radical (unpaired) electrons. The number of amides is 1. The van der Waals surface area contributed by atoms with Crippen LogP contribution in [0.25, 0.3) is 0 Å². The predicted molar refractivity (Wildman–Crippen MR) is 85.1 cm³/mol. The van der Waals surface area contributed by atoms with E-state index < -0.39 is 0 Å². The molecule has 2 aromatic carbocycles. The van der Waals surface area contributed by atoms with E-state index in [2.05, 4.69) is 21.2 Å². The number of hydrogen-bond acceptors (Lipinski definition) is 2. The first-order valence-corrected chi connectivity index (χ1v) is 7.16. The Morgan fingerprint density at radius 1 is 1.20 bits per heavy atom. The van der Waals surface area contributed by atoms with Gasteiger partial charge in [0.1, 0.15) is 5.75 Å². The zero-order valence-electron chi connectivity index (χ0n) is 10.4. The van der Waals surface area contributed by atoms with Crippen molar-refractivity contribution in [2.24, 2.45) is 0 Å². The average Bonchev–Trinajstić information content (AvgIpc) is 2.42. The number of methoxy groups -OCH3 is 1. The highest BCUT2D eigenvalue weighted by molar-refractivity contribution is 9.10. The largest absolute Gasteiger partial charge is 0.496 e. The third kappa shape index (κ3) is 3.45. The Bertz CT molecular complexity index is 662. The van der Waals surface area contributed by atoms with Crippen molar-refractivity contribution < 1.29 is 9.53 Å². The minimum Gasteiger partial charge on any atom is -0.496 e. The molecule has 0 aliphatic heterocycles. The molecule has 2 rings (SSSR count). The monoisotopic (exact) mass is 373 g/mol. The molecule has 104 valence electrons. The number of carbonyl (C=O) groups excluding carboxylic acids is 1. The molecule has 0 aromatic heterocycles. The number of anilines is 1. The van der Waals surface area contributed by atoms with Gasteiger partial charge in [0.15, 0.2) is 0 Å². The van der Waals surface area contributed by atoms with E-state index in [-0.39, 0.29) is 5.91 Å². The number of nitrogens with one attached hydrogen (secondary N) is 1. The first-order chi connectivity index (χ1) is 9.51. The van der Waals surface area contributed by atoms with Crippen LogP contribution in [0, 0.1) is 0 Å². The van der Waals surface area contributed by atoms with Crippen LogP contribution in [0.15, 0.2) is 40.9 Å². The molecule has 0 heterocycles. The maximum atomic E-state index is 12.3. The summed E-state index contributed by atoms with van der Waals surface area (Å²) in [6, 6.07) is 10.0. The Morgan fingerprint density at radius 2 is 1.95 bits per heavy atom. The van der Waals surface area contributed by atoms with Crippen molar-refractivity contribution in [3.05, 3.63) is 56.5 Å². The Morgan fingerprint density at radius 3 is 2.65 bits per heavy atom. The van der Waals surface area contributed by atoms with Crippen molar-refractivity contribution >= 4 is 50.7 Å². The molecule has 0 atom stereocenters. The second kappa shape index (κ2) is 6.48. The number of carbonyl (C=O) groups is 1. The third-order valence-corrected chi connectivity index (χ3v) is 3.64. The Labute approximate surface area is 135 Å². The molecule has 1 amide bonds. The molecular weight excluding hydrogens is 365 g/mol. The third-order valence-electron chi connectivity index (χ3n) is 2.58. The number of rotatable bonds is 3. The fourth-order valence-electron chi connectivity index (χ4n) is 1.64. The van der Waals surface area contributed by atoms with Gasteiger partial charge in [-0.1, -0.05) is 39.1 Å². The molecule has 20 heavy (non-hydrogen) atoms. The number of hydrogen-bond donors (Lipinski definition) is 1. The fourth-order valence-corrected chi connectivity index (χ4v) is 2.34. The van der Waals surface area contributed by atoms with Crippen LogP contribution in [-0.4, -0.2) is 13.0 Å². The lowest BCUT2D eigenvalue weighted by Crippen LogP contribution is -2.13. The minimum atomic E-state index is -0.343. The molecule has 6 heteroatoms. The summed E-state index contributed by atoms with van der Waals surface area (Å²) in [7, 11) is 1.49. The van der Waals surface area contributed by atoms with Gasteiger partial charge in [0.25, 0.3) is 5.91 Å². The molecule has 0 aliphatic carbocycles. The van der Waals surface area contributed by atoms with E-state index >= 15 is 0 Å². The van der Waals surface area contributed by atoms with Crippen LogP contribution in [0.1, 0.15) is 10.4 Å². The Balaban J connectivity index is 2.32. The first-order valence-electron chi connectivity index (χ1n) is 5.61. The molecule has 0 spiro atoms. The van der Waals surface area contributed by atoms with Crippen LogP contribution >= 0.6 is 39.1 Å². The van der Waals surface area contributed by atoms with E-state index in [4.69, 9.17) is 27.9 Å². The summed E-state index contributed by atoms with van der Waals surface area (Å²) in [5, 5.41) is 3.63. The van der Waals surface area contributed by atoms with Gasteiger partial charge in [-0.15, -0.1) is 0 Å². The van der Waals surface area contributed by atoms with E-state index in [0.717, 1.165) is 4.47 Å². The quantitative estimate of drug-likeness (QED) is 0.819. The second-order valence-corrected chi connectivity index (χ2v) is 5.68. The SMILES string of the molecule is COc1ccc(Cl)cc1C(=O)Nc1cc(Br)ccc1Cl. The van der Waals surface area contributed by atoms with E-state index in [0.29, 0.717) is 27.0 Å². The van der Waals surface area contributed by atoms with Gasteiger partial charge >= 0.3 is 0 Å². The van der Waals surface area contributed by atoms with Crippen molar-refractivity contribution in [2.75, 3.05) is 12.4 Å². The van der Waals surface area contributed by atoms with Gasteiger partial charge < -0.3 is 10.1 Å². The summed E-state index contributed by atoms with van der Waals surface area (Å²) < 4.78 is 5.97. The van der Waals surface area contributed by atoms with Crippen LogP contribution in [0.5, 0.6) is 5.75 Å². The van der Waals surface area contributed by atoms with E-state index in [1.54, 1.807) is 36.4 Å². The Kier molecular flexibility index (Phi) is 4.91. The lowest BCUT2D eigenvalue weighted by Gasteiger charge is -2.11. The number of halogens is 3. The topological polar surface area (TPSA) is 38.3 Å². The molecule has 0 unspecified atom stereocenters. The maximum absolute atomic E-state index is 12.3. The lowest BCUT2D eigenvalue weighted by atomic mass is 10.2. The molecule has 0 fully saturated rings. The molecular formula is C14H10BrCl2NO2. The number of ether oxygens (including phenoxy) is 1. The molecule has 1 N–H and O–H groups in total. The molecule has 3 nitrogen and oxygen atoms in total. The van der Waals surface area contributed by atoms with Gasteiger partial charge in [-0.05, 0) is 36.4 Å². The molecule has 0 aliphatic rings. The molecule has 0 bridgehead atoms. The van der Waals surface area contributed by atoms with Gasteiger partial charge in [-0.25, -0.2) is 0 Å². The van der Waals surface area contributed by atoms with E-state index in [1.165, 1.54) is 7.11 Å². The molecule has 0 saturated carbocycles. The smallest absolute Gasteiger partial charge is 0.259 e. The van der Waals surface area contributed by atoms with Crippen LogP contribution < -0.4 is 10.1 Å². The molecule has 0 saturated heterocycles. The van der Waals surface area contributed by atoms with Gasteiger partial charge in [0.2, 0.25) is 0 Å². The van der Waals surface area contributed by atoms with Crippen LogP contribution in [0.3, 0.4) is 0 Å². The highest BCUT2D eigenvalue weighted by Gasteiger charge is 2.14. The van der Waals surface area contributed by atoms with Crippen LogP contribution in [0.2, 0.25) is 10.0 Å². The zero-order valence-corrected chi connectivity index (χ0v) is 13.5. The summed E-state index contributed by atoms with van der Waals surface area (Å²) in [6.07, 6.45) is 0. The average molecular weight is 375 g/mol. The zero-order chi connectivity index (χ0) is 14.7.